The van der Waals surface area contributed by atoms with E-state index in [1.807, 2.05) is 65.2 Å². The summed E-state index contributed by atoms with van der Waals surface area (Å²) in [6, 6.07) is 7.51. The van der Waals surface area contributed by atoms with Gasteiger partial charge in [-0.1, -0.05) is 12.2 Å². The second kappa shape index (κ2) is 18.2. The summed E-state index contributed by atoms with van der Waals surface area (Å²) < 4.78 is 77.2. The fourth-order valence-electron chi connectivity index (χ4n) is 5.51. The molecule has 4 aromatic heterocycles. The highest BCUT2D eigenvalue weighted by atomic mass is 127. The number of carbonyl (C=O) groups excluding carboxylic acids is 2. The number of halogens is 7. The lowest BCUT2D eigenvalue weighted by Gasteiger charge is -2.27. The first-order valence-electron chi connectivity index (χ1n) is 16.9. The number of carbonyl (C=O) groups is 2. The second-order valence-electron chi connectivity index (χ2n) is 13.4. The van der Waals surface area contributed by atoms with Crippen molar-refractivity contribution in [2.75, 3.05) is 31.9 Å². The van der Waals surface area contributed by atoms with Crippen LogP contribution in [0.1, 0.15) is 70.4 Å². The Morgan fingerprint density at radius 3 is 1.64 bits per heavy atom. The van der Waals surface area contributed by atoms with Crippen LogP contribution in [-0.2, 0) is 14.4 Å². The Bertz CT molecular complexity index is 1900. The largest absolute Gasteiger partial charge is 0.389 e. The quantitative estimate of drug-likeness (QED) is 0.0887. The van der Waals surface area contributed by atoms with E-state index in [2.05, 4.69) is 30.3 Å². The molecular weight excluding hydrogens is 853 g/mol. The van der Waals surface area contributed by atoms with E-state index in [0.717, 1.165) is 27.9 Å². The van der Waals surface area contributed by atoms with Crippen molar-refractivity contribution in [2.24, 2.45) is 5.34 Å². The van der Waals surface area contributed by atoms with Crippen molar-refractivity contribution in [3.63, 3.8) is 0 Å². The van der Waals surface area contributed by atoms with E-state index < -0.39 is 55.5 Å². The van der Waals surface area contributed by atoms with Gasteiger partial charge in [-0.25, -0.2) is 14.0 Å². The van der Waals surface area contributed by atoms with Crippen molar-refractivity contribution in [3.8, 4) is 0 Å². The molecule has 6 rings (SSSR count). The molecular formula is C34H39F6IN10O4. The molecule has 0 atom stereocenters. The fourth-order valence-corrected chi connectivity index (χ4v) is 5.97. The van der Waals surface area contributed by atoms with Crippen LogP contribution in [0, 0.1) is 8.74 Å². The highest BCUT2D eigenvalue weighted by molar-refractivity contribution is 14.1. The number of alkyl halides is 6. The van der Waals surface area contributed by atoms with Crippen LogP contribution in [0.3, 0.4) is 0 Å². The zero-order valence-corrected chi connectivity index (χ0v) is 32.2. The number of amides is 2. The number of hydrogen-bond acceptors (Lipinski definition) is 10. The molecule has 2 N–H and O–H groups in total. The van der Waals surface area contributed by atoms with E-state index in [1.165, 1.54) is 9.80 Å². The van der Waals surface area contributed by atoms with Crippen LogP contribution in [0.4, 0.5) is 32.3 Å². The first-order chi connectivity index (χ1) is 25.7. The number of aromatic nitrogens is 6. The van der Waals surface area contributed by atoms with Crippen LogP contribution >= 0.6 is 22.6 Å². The Morgan fingerprint density at radius 2 is 1.25 bits per heavy atom. The number of fused-ring (bicyclic) bond motifs is 2. The Morgan fingerprint density at radius 1 is 0.800 bits per heavy atom. The summed E-state index contributed by atoms with van der Waals surface area (Å²) in [6.07, 6.45) is -3.38. The summed E-state index contributed by atoms with van der Waals surface area (Å²) in [6.45, 7) is 6.67. The summed E-state index contributed by atoms with van der Waals surface area (Å²) >= 11 is 2.04. The minimum atomic E-state index is -4.31. The number of hydrogen-bond donors (Lipinski definition) is 1. The van der Waals surface area contributed by atoms with Gasteiger partial charge in [0.15, 0.2) is 16.6 Å². The molecule has 2 aliphatic rings. The lowest BCUT2D eigenvalue weighted by atomic mass is 10.00. The van der Waals surface area contributed by atoms with Crippen LogP contribution in [0.5, 0.6) is 0 Å². The van der Waals surface area contributed by atoms with Crippen LogP contribution in [-0.4, -0.2) is 94.9 Å². The van der Waals surface area contributed by atoms with Gasteiger partial charge in [0.2, 0.25) is 21.6 Å². The number of nitrogen functional groups attached to an aromatic ring is 1. The molecule has 2 amide bonds. The highest BCUT2D eigenvalue weighted by Crippen LogP contribution is 2.29. The van der Waals surface area contributed by atoms with Crippen LogP contribution in [0.15, 0.2) is 54.2 Å². The van der Waals surface area contributed by atoms with Gasteiger partial charge < -0.3 is 20.4 Å². The van der Waals surface area contributed by atoms with Crippen molar-refractivity contribution < 1.29 is 40.8 Å². The van der Waals surface area contributed by atoms with E-state index in [9.17, 15) is 40.8 Å². The monoisotopic (exact) mass is 892 g/mol. The molecule has 0 radical (unpaired) electrons. The van der Waals surface area contributed by atoms with Gasteiger partial charge in [-0.05, 0) is 69.0 Å². The van der Waals surface area contributed by atoms with Gasteiger partial charge >= 0.3 is 12.4 Å². The van der Waals surface area contributed by atoms with E-state index >= 15 is 0 Å². The predicted octanol–water partition coefficient (Wildman–Crippen LogP) is 7.04. The molecule has 0 saturated heterocycles. The number of nitrogens with zero attached hydrogens (tertiary/aromatic N) is 9. The van der Waals surface area contributed by atoms with E-state index in [1.54, 1.807) is 36.0 Å². The van der Waals surface area contributed by atoms with E-state index in [0.29, 0.717) is 42.0 Å². The first-order valence-corrected chi connectivity index (χ1v) is 18.0. The van der Waals surface area contributed by atoms with Crippen molar-refractivity contribution in [1.29, 1.82) is 0 Å². The maximum Gasteiger partial charge on any atom is 0.389 e. The molecule has 0 saturated carbocycles. The third-order valence-corrected chi connectivity index (χ3v) is 8.54. The van der Waals surface area contributed by atoms with Gasteiger partial charge in [-0.15, -0.1) is 15.1 Å². The van der Waals surface area contributed by atoms with Crippen molar-refractivity contribution in [3.05, 3.63) is 68.7 Å². The number of anilines is 1. The maximum atomic E-state index is 12.2. The predicted molar refractivity (Wildman–Crippen MR) is 199 cm³/mol. The Kier molecular flexibility index (Phi) is 14.2. The first kappa shape index (κ1) is 42.9. The maximum absolute atomic E-state index is 12.2. The molecule has 298 valence electrons. The number of pyridine rings is 2. The van der Waals surface area contributed by atoms with Crippen LogP contribution in [0.2, 0.25) is 0 Å². The Balaban J connectivity index is 0.000000209. The number of rotatable bonds is 7. The van der Waals surface area contributed by atoms with Crippen LogP contribution in [0.25, 0.3) is 22.4 Å². The average Bonchev–Trinajstić information content (AvgIpc) is 3.70. The van der Waals surface area contributed by atoms with Gasteiger partial charge in [-0.2, -0.15) is 31.3 Å². The van der Waals surface area contributed by atoms with Gasteiger partial charge in [0, 0.05) is 85.1 Å². The zero-order valence-electron chi connectivity index (χ0n) is 30.1. The Hall–Kier alpha value is -4.83. The molecule has 0 bridgehead atoms. The van der Waals surface area contributed by atoms with Crippen LogP contribution < -0.4 is 5.73 Å². The van der Waals surface area contributed by atoms with E-state index in [-0.39, 0.29) is 12.5 Å². The van der Waals surface area contributed by atoms with Crippen molar-refractivity contribution in [2.45, 2.75) is 77.2 Å². The summed E-state index contributed by atoms with van der Waals surface area (Å²) in [7, 11) is 0. The molecule has 21 heteroatoms. The third kappa shape index (κ3) is 13.2. The summed E-state index contributed by atoms with van der Waals surface area (Å²) in [5.41, 5.74) is 10.4. The van der Waals surface area contributed by atoms with Crippen molar-refractivity contribution in [1.82, 2.24) is 39.0 Å². The SMILES string of the molecule is CC(C)(C)ON=O.Nc1nc2c(C3=CCN(C(=O)CCC(F)(F)F)CC3)cccn2n1.O=C(CCC(F)(F)F)N1CC=C(c2cccn3nc(I)nc23)CC1. The van der Waals surface area contributed by atoms with Crippen molar-refractivity contribution >= 4 is 62.8 Å². The second-order valence-corrected chi connectivity index (χ2v) is 14.3. The minimum absolute atomic E-state index is 0.169. The number of nitrogens with two attached hydrogens (primary N) is 1. The molecule has 0 aliphatic carbocycles. The zero-order chi connectivity index (χ0) is 40.6. The lowest BCUT2D eigenvalue weighted by molar-refractivity contribution is -0.148. The smallest absolute Gasteiger partial charge is 0.366 e. The minimum Gasteiger partial charge on any atom is -0.366 e. The fraction of sp³-hybridized carbons (Fsp3) is 0.471. The molecule has 0 fully saturated rings. The molecule has 0 aromatic carbocycles. The summed E-state index contributed by atoms with van der Waals surface area (Å²) in [5, 5.41) is 10.6. The van der Waals surface area contributed by atoms with Gasteiger partial charge in [0.1, 0.15) is 5.60 Å². The molecule has 2 aliphatic heterocycles. The molecule has 55 heavy (non-hydrogen) atoms. The average molecular weight is 893 g/mol. The molecule has 14 nitrogen and oxygen atoms in total. The third-order valence-electron chi connectivity index (χ3n) is 8.09. The standard InChI is InChI=1S/C15H14F3IN4O.C15H16F3N5O.C4H9NO2/c2*16-15(17,18)6-3-12(24)22-8-4-10(5-9-22)11-2-1-7-23-13(11)20-14(19)21-23;1-4(2,3)7-5-6/h1-2,4,7H,3,5-6,8-9H2;1-2,4,7H,3,5-6,8-9H2,(H2,19,21);1-3H3. The molecule has 4 aromatic rings. The summed E-state index contributed by atoms with van der Waals surface area (Å²) in [4.78, 5) is 48.8. The van der Waals surface area contributed by atoms with Gasteiger partial charge in [-0.3, -0.25) is 9.59 Å². The molecule has 0 unspecified atom stereocenters. The normalized spacial score (nSPS) is 15.0. The topological polar surface area (TPSA) is 166 Å². The van der Waals surface area contributed by atoms with E-state index in [4.69, 9.17) is 5.73 Å². The molecule has 6 heterocycles. The molecule has 0 spiro atoms. The highest BCUT2D eigenvalue weighted by Gasteiger charge is 2.31. The summed E-state index contributed by atoms with van der Waals surface area (Å²) in [5.74, 6) is -0.770. The Labute approximate surface area is 324 Å². The van der Waals surface area contributed by atoms with Gasteiger partial charge in [0.25, 0.3) is 0 Å². The van der Waals surface area contributed by atoms with Gasteiger partial charge in [0.05, 0.1) is 12.8 Å². The lowest BCUT2D eigenvalue weighted by Crippen LogP contribution is -2.35.